The van der Waals surface area contributed by atoms with E-state index in [1.54, 1.807) is 29.7 Å². The highest BCUT2D eigenvalue weighted by Gasteiger charge is 2.19. The minimum absolute atomic E-state index is 0.347. The number of carbonyl (C=O) groups is 1. The summed E-state index contributed by atoms with van der Waals surface area (Å²) in [6.07, 6.45) is 1.76. The molecule has 0 fully saturated rings. The Morgan fingerprint density at radius 1 is 1.23 bits per heavy atom. The van der Waals surface area contributed by atoms with E-state index in [9.17, 15) is 13.6 Å². The standard InChI is InChI=1S/C15H12F2N4O/c1-9(14-20-19-13-4-2-3-7-21(13)14)18-15(22)11-8-10(16)5-6-12(11)17/h2-9H,1H3,(H,18,22)/t9-/m0/s1. The van der Waals surface area contributed by atoms with E-state index in [-0.39, 0.29) is 5.56 Å². The monoisotopic (exact) mass is 302 g/mol. The maximum Gasteiger partial charge on any atom is 0.254 e. The second-order valence-corrected chi connectivity index (χ2v) is 4.81. The van der Waals surface area contributed by atoms with Crippen molar-refractivity contribution < 1.29 is 13.6 Å². The van der Waals surface area contributed by atoms with E-state index < -0.39 is 23.6 Å². The summed E-state index contributed by atoms with van der Waals surface area (Å²) in [4.78, 5) is 12.1. The first-order chi connectivity index (χ1) is 10.6. The van der Waals surface area contributed by atoms with Crippen LogP contribution in [0.5, 0.6) is 0 Å². The Balaban J connectivity index is 1.86. The van der Waals surface area contributed by atoms with Crippen LogP contribution in [0, 0.1) is 11.6 Å². The summed E-state index contributed by atoms with van der Waals surface area (Å²) in [5, 5.41) is 10.6. The molecule has 22 heavy (non-hydrogen) atoms. The number of amides is 1. The van der Waals surface area contributed by atoms with E-state index in [4.69, 9.17) is 0 Å². The van der Waals surface area contributed by atoms with Gasteiger partial charge in [-0.3, -0.25) is 9.20 Å². The fourth-order valence-electron chi connectivity index (χ4n) is 2.17. The van der Waals surface area contributed by atoms with Gasteiger partial charge in [0.15, 0.2) is 11.5 Å². The van der Waals surface area contributed by atoms with Crippen molar-refractivity contribution in [3.8, 4) is 0 Å². The molecule has 7 heteroatoms. The molecule has 1 N–H and O–H groups in total. The van der Waals surface area contributed by atoms with Crippen molar-refractivity contribution in [2.24, 2.45) is 0 Å². The average molecular weight is 302 g/mol. The van der Waals surface area contributed by atoms with Crippen molar-refractivity contribution in [3.63, 3.8) is 0 Å². The molecule has 0 aliphatic carbocycles. The van der Waals surface area contributed by atoms with Crippen LogP contribution in [0.4, 0.5) is 8.78 Å². The Kier molecular flexibility index (Phi) is 3.54. The van der Waals surface area contributed by atoms with Gasteiger partial charge in [-0.1, -0.05) is 6.07 Å². The molecule has 0 radical (unpaired) electrons. The van der Waals surface area contributed by atoms with E-state index in [1.165, 1.54) is 0 Å². The van der Waals surface area contributed by atoms with Gasteiger partial charge < -0.3 is 5.32 Å². The number of hydrogen-bond donors (Lipinski definition) is 1. The highest BCUT2D eigenvalue weighted by atomic mass is 19.1. The van der Waals surface area contributed by atoms with E-state index in [0.29, 0.717) is 11.5 Å². The Hall–Kier alpha value is -2.83. The van der Waals surface area contributed by atoms with Gasteiger partial charge in [-0.25, -0.2) is 8.78 Å². The van der Waals surface area contributed by atoms with Crippen LogP contribution in [-0.4, -0.2) is 20.5 Å². The van der Waals surface area contributed by atoms with Crippen LogP contribution >= 0.6 is 0 Å². The van der Waals surface area contributed by atoms with Gasteiger partial charge in [0.05, 0.1) is 11.6 Å². The van der Waals surface area contributed by atoms with E-state index in [2.05, 4.69) is 15.5 Å². The molecule has 0 aliphatic heterocycles. The number of halogens is 2. The molecule has 0 unspecified atom stereocenters. The lowest BCUT2D eigenvalue weighted by Gasteiger charge is -2.12. The highest BCUT2D eigenvalue weighted by Crippen LogP contribution is 2.14. The SMILES string of the molecule is C[C@H](NC(=O)c1cc(F)ccc1F)c1nnc2ccccn12. The first-order valence-corrected chi connectivity index (χ1v) is 6.62. The molecule has 1 amide bonds. The lowest BCUT2D eigenvalue weighted by molar-refractivity contribution is 0.0933. The summed E-state index contributed by atoms with van der Waals surface area (Å²) in [5.74, 6) is -1.66. The highest BCUT2D eigenvalue weighted by molar-refractivity contribution is 5.94. The Bertz CT molecular complexity index is 846. The van der Waals surface area contributed by atoms with Crippen LogP contribution in [0.1, 0.15) is 29.1 Å². The van der Waals surface area contributed by atoms with Crippen molar-refractivity contribution in [1.82, 2.24) is 19.9 Å². The normalized spacial score (nSPS) is 12.3. The summed E-state index contributed by atoms with van der Waals surface area (Å²) in [6.45, 7) is 1.69. The molecule has 3 aromatic rings. The predicted molar refractivity (Wildman–Crippen MR) is 75.2 cm³/mol. The Labute approximate surface area is 124 Å². The molecule has 1 atom stereocenters. The van der Waals surface area contributed by atoms with Crippen molar-refractivity contribution in [3.05, 3.63) is 65.6 Å². The smallest absolute Gasteiger partial charge is 0.254 e. The number of carbonyl (C=O) groups excluding carboxylic acids is 1. The number of nitrogens with one attached hydrogen (secondary N) is 1. The molecule has 0 bridgehead atoms. The number of hydrogen-bond acceptors (Lipinski definition) is 3. The quantitative estimate of drug-likeness (QED) is 0.808. The third-order valence-electron chi connectivity index (χ3n) is 3.25. The summed E-state index contributed by atoms with van der Waals surface area (Å²) in [5.41, 5.74) is 0.288. The number of pyridine rings is 1. The minimum atomic E-state index is -0.780. The first-order valence-electron chi connectivity index (χ1n) is 6.62. The summed E-state index contributed by atoms with van der Waals surface area (Å²) >= 11 is 0. The topological polar surface area (TPSA) is 59.3 Å². The maximum atomic E-state index is 13.6. The molecule has 112 valence electrons. The van der Waals surface area contributed by atoms with Crippen molar-refractivity contribution >= 4 is 11.6 Å². The van der Waals surface area contributed by atoms with Crippen LogP contribution in [0.15, 0.2) is 42.6 Å². The van der Waals surface area contributed by atoms with Gasteiger partial charge in [0.25, 0.3) is 5.91 Å². The average Bonchev–Trinajstić information content (AvgIpc) is 2.93. The van der Waals surface area contributed by atoms with Crippen LogP contribution < -0.4 is 5.32 Å². The van der Waals surface area contributed by atoms with Gasteiger partial charge in [0, 0.05) is 6.20 Å². The second kappa shape index (κ2) is 5.51. The number of nitrogens with zero attached hydrogens (tertiary/aromatic N) is 3. The fraction of sp³-hybridized carbons (Fsp3) is 0.133. The maximum absolute atomic E-state index is 13.6. The summed E-state index contributed by atoms with van der Waals surface area (Å²) < 4.78 is 28.5. The molecule has 0 saturated heterocycles. The van der Waals surface area contributed by atoms with Crippen LogP contribution in [0.25, 0.3) is 5.65 Å². The lowest BCUT2D eigenvalue weighted by Crippen LogP contribution is -2.28. The van der Waals surface area contributed by atoms with E-state index in [1.807, 2.05) is 6.07 Å². The molecule has 2 aromatic heterocycles. The number of rotatable bonds is 3. The molecule has 5 nitrogen and oxygen atoms in total. The van der Waals surface area contributed by atoms with Crippen LogP contribution in [0.2, 0.25) is 0 Å². The molecular formula is C15H12F2N4O. The molecule has 2 heterocycles. The van der Waals surface area contributed by atoms with Crippen molar-refractivity contribution in [2.75, 3.05) is 0 Å². The molecule has 1 aromatic carbocycles. The summed E-state index contributed by atoms with van der Waals surface area (Å²) in [6, 6.07) is 7.62. The summed E-state index contributed by atoms with van der Waals surface area (Å²) in [7, 11) is 0. The third-order valence-corrected chi connectivity index (χ3v) is 3.25. The fourth-order valence-corrected chi connectivity index (χ4v) is 2.17. The Morgan fingerprint density at radius 3 is 2.86 bits per heavy atom. The van der Waals surface area contributed by atoms with Gasteiger partial charge in [0.2, 0.25) is 0 Å². The van der Waals surface area contributed by atoms with Crippen molar-refractivity contribution in [2.45, 2.75) is 13.0 Å². The molecule has 3 rings (SSSR count). The van der Waals surface area contributed by atoms with Crippen molar-refractivity contribution in [1.29, 1.82) is 0 Å². The lowest BCUT2D eigenvalue weighted by atomic mass is 10.1. The molecule has 0 spiro atoms. The predicted octanol–water partition coefficient (Wildman–Crippen LogP) is 2.50. The van der Waals surface area contributed by atoms with E-state index in [0.717, 1.165) is 18.2 Å². The van der Waals surface area contributed by atoms with Gasteiger partial charge >= 0.3 is 0 Å². The second-order valence-electron chi connectivity index (χ2n) is 4.81. The van der Waals surface area contributed by atoms with Crippen LogP contribution in [-0.2, 0) is 0 Å². The third kappa shape index (κ3) is 2.52. The van der Waals surface area contributed by atoms with Gasteiger partial charge in [0.1, 0.15) is 11.6 Å². The zero-order valence-electron chi connectivity index (χ0n) is 11.6. The van der Waals surface area contributed by atoms with Gasteiger partial charge in [-0.2, -0.15) is 0 Å². The molecule has 0 aliphatic rings. The molecular weight excluding hydrogens is 290 g/mol. The number of benzene rings is 1. The van der Waals surface area contributed by atoms with E-state index >= 15 is 0 Å². The van der Waals surface area contributed by atoms with Gasteiger partial charge in [-0.05, 0) is 37.3 Å². The zero-order chi connectivity index (χ0) is 15.7. The Morgan fingerprint density at radius 2 is 2.05 bits per heavy atom. The molecule has 0 saturated carbocycles. The van der Waals surface area contributed by atoms with Crippen LogP contribution in [0.3, 0.4) is 0 Å². The number of fused-ring (bicyclic) bond motifs is 1. The first kappa shape index (κ1) is 14.1. The zero-order valence-corrected chi connectivity index (χ0v) is 11.6. The minimum Gasteiger partial charge on any atom is -0.342 e. The number of aromatic nitrogens is 3. The van der Waals surface area contributed by atoms with Gasteiger partial charge in [-0.15, -0.1) is 10.2 Å². The largest absolute Gasteiger partial charge is 0.342 e.